The Hall–Kier alpha value is -3.33. The molecule has 0 unspecified atom stereocenters. The molecule has 1 saturated heterocycles. The lowest BCUT2D eigenvalue weighted by Crippen LogP contribution is -2.54. The molecule has 136 valence electrons. The van der Waals surface area contributed by atoms with Crippen LogP contribution >= 0.6 is 0 Å². The van der Waals surface area contributed by atoms with Gasteiger partial charge in [-0.2, -0.15) is 5.10 Å². The second-order valence-electron chi connectivity index (χ2n) is 6.60. The first-order chi connectivity index (χ1) is 13.2. The summed E-state index contributed by atoms with van der Waals surface area (Å²) in [4.78, 5) is 30.3. The van der Waals surface area contributed by atoms with Gasteiger partial charge in [0.15, 0.2) is 5.65 Å². The molecule has 9 heteroatoms. The first-order valence-corrected chi connectivity index (χ1v) is 8.73. The van der Waals surface area contributed by atoms with Gasteiger partial charge in [-0.1, -0.05) is 6.08 Å². The van der Waals surface area contributed by atoms with Gasteiger partial charge in [-0.3, -0.25) is 9.69 Å². The van der Waals surface area contributed by atoms with Gasteiger partial charge >= 0.3 is 6.01 Å². The lowest BCUT2D eigenvalue weighted by Gasteiger charge is -2.41. The molecule has 0 saturated carbocycles. The fraction of sp³-hybridized carbons (Fsp3) is 0.278. The summed E-state index contributed by atoms with van der Waals surface area (Å²) in [6.45, 7) is 3.45. The van der Waals surface area contributed by atoms with Crippen LogP contribution in [0.3, 0.4) is 0 Å². The molecule has 0 aromatic carbocycles. The van der Waals surface area contributed by atoms with Crippen LogP contribution in [0.2, 0.25) is 0 Å². The quantitative estimate of drug-likeness (QED) is 0.725. The van der Waals surface area contributed by atoms with Crippen LogP contribution in [-0.2, 0) is 0 Å². The van der Waals surface area contributed by atoms with Crippen molar-refractivity contribution in [1.29, 1.82) is 0 Å². The van der Waals surface area contributed by atoms with Gasteiger partial charge in [0.1, 0.15) is 17.3 Å². The monoisotopic (exact) mass is 363 g/mol. The molecule has 2 aliphatic rings. The topological polar surface area (TPSA) is 102 Å². The standard InChI is InChI=1S/C18H17N7O2/c1-11(24-9-13(10-24)27-18-19-6-3-7-20-18)15-22-16-14(17(26)23-15)8-21-25(16)12-4-2-5-12/h2-8,11,13H,9-10H2,1H3,(H,22,23,26)/t11-/m1/s1. The van der Waals surface area contributed by atoms with Crippen molar-refractivity contribution >= 4 is 16.7 Å². The van der Waals surface area contributed by atoms with Gasteiger partial charge in [0.2, 0.25) is 0 Å². The molecule has 3 aromatic heterocycles. The van der Waals surface area contributed by atoms with Crippen LogP contribution in [0.25, 0.3) is 16.7 Å². The van der Waals surface area contributed by atoms with E-state index in [-0.39, 0.29) is 17.7 Å². The van der Waals surface area contributed by atoms with Crippen LogP contribution < -0.4 is 10.3 Å². The van der Waals surface area contributed by atoms with Crippen molar-refractivity contribution in [1.82, 2.24) is 34.6 Å². The molecule has 5 rings (SSSR count). The number of hydrogen-bond acceptors (Lipinski definition) is 7. The Morgan fingerprint density at radius 2 is 2.07 bits per heavy atom. The van der Waals surface area contributed by atoms with Crippen LogP contribution in [0.4, 0.5) is 0 Å². The number of nitrogens with one attached hydrogen (secondary N) is 1. The Balaban J connectivity index is 1.34. The number of rotatable bonds is 5. The SMILES string of the molecule is C[C@H](c1nc2c(cnn2C2=CC=C2)c(=O)[nH]1)N1CC(Oc2ncccn2)C1. The summed E-state index contributed by atoms with van der Waals surface area (Å²) in [6.07, 6.45) is 10.7. The zero-order valence-corrected chi connectivity index (χ0v) is 14.6. The predicted molar refractivity (Wildman–Crippen MR) is 98.0 cm³/mol. The lowest BCUT2D eigenvalue weighted by molar-refractivity contribution is -0.0121. The van der Waals surface area contributed by atoms with Gasteiger partial charge in [-0.15, -0.1) is 0 Å². The molecular formula is C18H17N7O2. The van der Waals surface area contributed by atoms with E-state index in [4.69, 9.17) is 4.74 Å². The average molecular weight is 363 g/mol. The highest BCUT2D eigenvalue weighted by molar-refractivity contribution is 5.80. The van der Waals surface area contributed by atoms with E-state index in [2.05, 4.69) is 29.9 Å². The maximum atomic E-state index is 12.4. The number of nitrogens with zero attached hydrogens (tertiary/aromatic N) is 6. The number of aromatic nitrogens is 6. The molecule has 27 heavy (non-hydrogen) atoms. The number of likely N-dealkylation sites (tertiary alicyclic amines) is 1. The van der Waals surface area contributed by atoms with Gasteiger partial charge in [0, 0.05) is 25.5 Å². The maximum absolute atomic E-state index is 12.4. The average Bonchev–Trinajstić information content (AvgIpc) is 3.01. The normalized spacial score (nSPS) is 18.0. The number of aromatic amines is 1. The third kappa shape index (κ3) is 2.72. The predicted octanol–water partition coefficient (Wildman–Crippen LogP) is 1.14. The van der Waals surface area contributed by atoms with E-state index in [1.807, 2.05) is 25.2 Å². The molecular weight excluding hydrogens is 346 g/mol. The molecule has 3 aromatic rings. The van der Waals surface area contributed by atoms with Crippen molar-refractivity contribution in [2.24, 2.45) is 0 Å². The summed E-state index contributed by atoms with van der Waals surface area (Å²) in [5.74, 6) is 0.618. The zero-order chi connectivity index (χ0) is 18.4. The smallest absolute Gasteiger partial charge is 0.316 e. The highest BCUT2D eigenvalue weighted by atomic mass is 16.5. The second-order valence-corrected chi connectivity index (χ2v) is 6.60. The summed E-state index contributed by atoms with van der Waals surface area (Å²) in [5, 5.41) is 4.77. The van der Waals surface area contributed by atoms with Crippen LogP contribution in [-0.4, -0.2) is 53.8 Å². The summed E-state index contributed by atoms with van der Waals surface area (Å²) in [5.41, 5.74) is 1.31. The Labute approximate surface area is 154 Å². The van der Waals surface area contributed by atoms with Crippen molar-refractivity contribution in [2.75, 3.05) is 13.1 Å². The first-order valence-electron chi connectivity index (χ1n) is 8.73. The fourth-order valence-electron chi connectivity index (χ4n) is 3.17. The van der Waals surface area contributed by atoms with E-state index in [0.717, 1.165) is 5.70 Å². The second kappa shape index (κ2) is 6.13. The molecule has 0 spiro atoms. The van der Waals surface area contributed by atoms with Crippen molar-refractivity contribution in [3.05, 3.63) is 59.1 Å². The van der Waals surface area contributed by atoms with Crippen LogP contribution in [0, 0.1) is 0 Å². The van der Waals surface area contributed by atoms with Crippen LogP contribution in [0.5, 0.6) is 6.01 Å². The summed E-state index contributed by atoms with van der Waals surface area (Å²) >= 11 is 0. The Bertz CT molecular complexity index is 1110. The zero-order valence-electron chi connectivity index (χ0n) is 14.6. The lowest BCUT2D eigenvalue weighted by atomic mass is 10.1. The first kappa shape index (κ1) is 15.9. The highest BCUT2D eigenvalue weighted by Gasteiger charge is 2.34. The minimum atomic E-state index is -0.178. The van der Waals surface area contributed by atoms with Gasteiger partial charge in [0.25, 0.3) is 5.56 Å². The van der Waals surface area contributed by atoms with Crippen LogP contribution in [0.1, 0.15) is 18.8 Å². The van der Waals surface area contributed by atoms with Gasteiger partial charge in [-0.25, -0.2) is 19.6 Å². The van der Waals surface area contributed by atoms with E-state index >= 15 is 0 Å². The fourth-order valence-corrected chi connectivity index (χ4v) is 3.17. The minimum Gasteiger partial charge on any atom is -0.457 e. The molecule has 0 bridgehead atoms. The van der Waals surface area contributed by atoms with Crippen LogP contribution in [0.15, 0.2) is 47.7 Å². The molecule has 9 nitrogen and oxygen atoms in total. The van der Waals surface area contributed by atoms with Crippen molar-refractivity contribution < 1.29 is 4.74 Å². The van der Waals surface area contributed by atoms with E-state index < -0.39 is 0 Å². The highest BCUT2D eigenvalue weighted by Crippen LogP contribution is 2.26. The number of ether oxygens (including phenoxy) is 1. The third-order valence-corrected chi connectivity index (χ3v) is 4.87. The van der Waals surface area contributed by atoms with Gasteiger partial charge in [-0.05, 0) is 25.1 Å². The largest absolute Gasteiger partial charge is 0.457 e. The number of hydrogen-bond donors (Lipinski definition) is 1. The van der Waals surface area contributed by atoms with Crippen molar-refractivity contribution in [3.63, 3.8) is 0 Å². The molecule has 1 atom stereocenters. The molecule has 1 fully saturated rings. The number of allylic oxidation sites excluding steroid dienone is 4. The summed E-state index contributed by atoms with van der Waals surface area (Å²) in [7, 11) is 0. The Kier molecular flexibility index (Phi) is 3.61. The van der Waals surface area contributed by atoms with Gasteiger partial charge in [0.05, 0.1) is 17.9 Å². The molecule has 1 N–H and O–H groups in total. The molecule has 4 heterocycles. The van der Waals surface area contributed by atoms with E-state index in [9.17, 15) is 4.79 Å². The van der Waals surface area contributed by atoms with E-state index in [0.29, 0.717) is 36.0 Å². The molecule has 1 aliphatic heterocycles. The Morgan fingerprint density at radius 1 is 1.30 bits per heavy atom. The maximum Gasteiger partial charge on any atom is 0.316 e. The summed E-state index contributed by atoms with van der Waals surface area (Å²) < 4.78 is 7.43. The number of fused-ring (bicyclic) bond motifs is 1. The van der Waals surface area contributed by atoms with E-state index in [1.54, 1.807) is 29.3 Å². The molecule has 0 radical (unpaired) electrons. The van der Waals surface area contributed by atoms with Gasteiger partial charge < -0.3 is 9.72 Å². The van der Waals surface area contributed by atoms with Crippen molar-refractivity contribution in [3.8, 4) is 6.01 Å². The molecule has 0 amide bonds. The molecule has 1 aliphatic carbocycles. The minimum absolute atomic E-state index is 0.0288. The number of H-pyrrole nitrogens is 1. The van der Waals surface area contributed by atoms with E-state index in [1.165, 1.54) is 0 Å². The van der Waals surface area contributed by atoms with Crippen molar-refractivity contribution in [2.45, 2.75) is 19.1 Å². The Morgan fingerprint density at radius 3 is 2.78 bits per heavy atom. The third-order valence-electron chi connectivity index (χ3n) is 4.87. The summed E-state index contributed by atoms with van der Waals surface area (Å²) in [6, 6.07) is 2.08.